The molecular weight excluding hydrogens is 362 g/mol. The number of rotatable bonds is 14. The summed E-state index contributed by atoms with van der Waals surface area (Å²) in [6.07, 6.45) is 10.1. The number of nitrogens with zero attached hydrogens (tertiary/aromatic N) is 1. The van der Waals surface area contributed by atoms with Crippen molar-refractivity contribution in [1.29, 1.82) is 0 Å². The lowest BCUT2D eigenvalue weighted by Crippen LogP contribution is -2.49. The molecule has 0 fully saturated rings. The molecule has 0 heterocycles. The standard InChI is InChI=1S/C21H33NO6/c1-4-7-9-11-13-18(23)22(19(24)14-12-10-8-5-2)17(21(26)27)16-20(25)28-15-6-3/h9-12,17H,4-8,13-16H2,1-3H3,(H,26,27)/b11-9+,12-10+. The van der Waals surface area contributed by atoms with E-state index in [1.165, 1.54) is 0 Å². The zero-order chi connectivity index (χ0) is 21.4. The molecule has 158 valence electrons. The Balaban J connectivity index is 5.42. The van der Waals surface area contributed by atoms with E-state index in [1.54, 1.807) is 12.2 Å². The highest BCUT2D eigenvalue weighted by atomic mass is 16.5. The Labute approximate surface area is 167 Å². The van der Waals surface area contributed by atoms with Crippen LogP contribution in [-0.2, 0) is 23.9 Å². The van der Waals surface area contributed by atoms with Crippen LogP contribution in [0.15, 0.2) is 24.3 Å². The van der Waals surface area contributed by atoms with E-state index in [0.29, 0.717) is 11.3 Å². The van der Waals surface area contributed by atoms with E-state index in [9.17, 15) is 24.3 Å². The Morgan fingerprint density at radius 3 is 1.75 bits per heavy atom. The van der Waals surface area contributed by atoms with E-state index in [0.717, 1.165) is 25.7 Å². The van der Waals surface area contributed by atoms with Gasteiger partial charge in [0.15, 0.2) is 0 Å². The van der Waals surface area contributed by atoms with Crippen molar-refractivity contribution in [2.45, 2.75) is 78.2 Å². The molecule has 1 unspecified atom stereocenters. The molecule has 0 saturated heterocycles. The minimum atomic E-state index is -1.58. The Kier molecular flexibility index (Phi) is 14.2. The van der Waals surface area contributed by atoms with Crippen molar-refractivity contribution in [2.75, 3.05) is 6.61 Å². The van der Waals surface area contributed by atoms with Crippen LogP contribution in [0.2, 0.25) is 0 Å². The van der Waals surface area contributed by atoms with Crippen molar-refractivity contribution in [3.05, 3.63) is 24.3 Å². The molecule has 1 N–H and O–H groups in total. The molecule has 0 radical (unpaired) electrons. The van der Waals surface area contributed by atoms with Gasteiger partial charge in [-0.2, -0.15) is 0 Å². The Bertz CT molecular complexity index is 537. The molecule has 0 spiro atoms. The van der Waals surface area contributed by atoms with E-state index in [-0.39, 0.29) is 19.4 Å². The minimum Gasteiger partial charge on any atom is -0.480 e. The van der Waals surface area contributed by atoms with Gasteiger partial charge >= 0.3 is 11.9 Å². The Morgan fingerprint density at radius 2 is 1.36 bits per heavy atom. The Hall–Kier alpha value is -2.44. The van der Waals surface area contributed by atoms with Crippen LogP contribution < -0.4 is 0 Å². The highest BCUT2D eigenvalue weighted by molar-refractivity contribution is 6.01. The molecule has 0 saturated carbocycles. The predicted molar refractivity (Wildman–Crippen MR) is 106 cm³/mol. The molecule has 7 heteroatoms. The van der Waals surface area contributed by atoms with Gasteiger partial charge in [-0.3, -0.25) is 19.3 Å². The summed E-state index contributed by atoms with van der Waals surface area (Å²) < 4.78 is 4.93. The molecule has 0 aliphatic carbocycles. The average molecular weight is 395 g/mol. The van der Waals surface area contributed by atoms with Gasteiger partial charge in [-0.15, -0.1) is 0 Å². The van der Waals surface area contributed by atoms with Crippen LogP contribution in [0.25, 0.3) is 0 Å². The quantitative estimate of drug-likeness (QED) is 0.356. The number of aliphatic carboxylic acids is 1. The molecule has 28 heavy (non-hydrogen) atoms. The van der Waals surface area contributed by atoms with Gasteiger partial charge in [0.25, 0.3) is 0 Å². The zero-order valence-corrected chi connectivity index (χ0v) is 17.2. The van der Waals surface area contributed by atoms with Crippen molar-refractivity contribution in [1.82, 2.24) is 4.90 Å². The number of carbonyl (C=O) groups excluding carboxylic acids is 3. The molecule has 1 atom stereocenters. The normalized spacial score (nSPS) is 12.2. The van der Waals surface area contributed by atoms with Gasteiger partial charge in [0.1, 0.15) is 6.04 Å². The average Bonchev–Trinajstić information content (AvgIpc) is 2.66. The molecule has 0 aliphatic heterocycles. The van der Waals surface area contributed by atoms with Crippen LogP contribution in [0.1, 0.15) is 72.1 Å². The first-order chi connectivity index (χ1) is 13.4. The van der Waals surface area contributed by atoms with Gasteiger partial charge in [0.05, 0.1) is 13.0 Å². The maximum absolute atomic E-state index is 12.6. The van der Waals surface area contributed by atoms with Gasteiger partial charge < -0.3 is 9.84 Å². The molecule has 7 nitrogen and oxygen atoms in total. The summed E-state index contributed by atoms with van der Waals surface area (Å²) in [4.78, 5) is 49.5. The first-order valence-electron chi connectivity index (χ1n) is 9.92. The molecule has 2 amide bonds. The summed E-state index contributed by atoms with van der Waals surface area (Å²) in [5.74, 6) is -3.44. The number of hydrogen-bond acceptors (Lipinski definition) is 5. The van der Waals surface area contributed by atoms with E-state index in [1.807, 2.05) is 32.9 Å². The topological polar surface area (TPSA) is 101 Å². The summed E-state index contributed by atoms with van der Waals surface area (Å²) in [7, 11) is 0. The number of carboxylic acids is 1. The fourth-order valence-electron chi connectivity index (χ4n) is 2.34. The Morgan fingerprint density at radius 1 is 0.857 bits per heavy atom. The lowest BCUT2D eigenvalue weighted by Gasteiger charge is -2.26. The third kappa shape index (κ3) is 10.6. The van der Waals surface area contributed by atoms with E-state index < -0.39 is 36.2 Å². The minimum absolute atomic E-state index is 0.0990. The number of ether oxygens (including phenoxy) is 1. The molecular formula is C21H33NO6. The van der Waals surface area contributed by atoms with Crippen LogP contribution >= 0.6 is 0 Å². The number of imide groups is 1. The first kappa shape index (κ1) is 25.6. The summed E-state index contributed by atoms with van der Waals surface area (Å²) >= 11 is 0. The smallest absolute Gasteiger partial charge is 0.327 e. The molecule has 0 aromatic heterocycles. The second-order valence-electron chi connectivity index (χ2n) is 6.36. The summed E-state index contributed by atoms with van der Waals surface area (Å²) in [5.41, 5.74) is 0. The summed E-state index contributed by atoms with van der Waals surface area (Å²) in [6.45, 7) is 5.96. The number of allylic oxidation sites excluding steroid dienone is 2. The third-order valence-electron chi connectivity index (χ3n) is 3.79. The molecule has 0 aromatic rings. The number of hydrogen-bond donors (Lipinski definition) is 1. The predicted octanol–water partition coefficient (Wildman–Crippen LogP) is 3.63. The number of carboxylic acid groups (broad SMARTS) is 1. The van der Waals surface area contributed by atoms with Crippen LogP contribution in [-0.4, -0.2) is 46.4 Å². The maximum Gasteiger partial charge on any atom is 0.327 e. The largest absolute Gasteiger partial charge is 0.480 e. The van der Waals surface area contributed by atoms with Crippen LogP contribution in [0.5, 0.6) is 0 Å². The van der Waals surface area contributed by atoms with E-state index >= 15 is 0 Å². The molecule has 0 bridgehead atoms. The molecule has 0 aromatic carbocycles. The van der Waals surface area contributed by atoms with Crippen molar-refractivity contribution in [3.8, 4) is 0 Å². The number of amides is 2. The molecule has 0 rings (SSSR count). The fraction of sp³-hybridized carbons (Fsp3) is 0.619. The fourth-order valence-corrected chi connectivity index (χ4v) is 2.34. The summed E-state index contributed by atoms with van der Waals surface area (Å²) in [5, 5.41) is 9.55. The highest BCUT2D eigenvalue weighted by Crippen LogP contribution is 2.13. The van der Waals surface area contributed by atoms with Crippen molar-refractivity contribution in [2.24, 2.45) is 0 Å². The van der Waals surface area contributed by atoms with Gasteiger partial charge in [-0.05, 0) is 19.3 Å². The highest BCUT2D eigenvalue weighted by Gasteiger charge is 2.35. The van der Waals surface area contributed by atoms with Crippen LogP contribution in [0.3, 0.4) is 0 Å². The van der Waals surface area contributed by atoms with Crippen molar-refractivity contribution in [3.63, 3.8) is 0 Å². The zero-order valence-electron chi connectivity index (χ0n) is 17.2. The lowest BCUT2D eigenvalue weighted by atomic mass is 10.1. The van der Waals surface area contributed by atoms with Crippen LogP contribution in [0.4, 0.5) is 0 Å². The number of unbranched alkanes of at least 4 members (excludes halogenated alkanes) is 2. The third-order valence-corrected chi connectivity index (χ3v) is 3.79. The summed E-state index contributed by atoms with van der Waals surface area (Å²) in [6, 6.07) is -1.58. The van der Waals surface area contributed by atoms with Gasteiger partial charge in [0, 0.05) is 12.8 Å². The second-order valence-corrected chi connectivity index (χ2v) is 6.36. The number of carbonyl (C=O) groups is 4. The van der Waals surface area contributed by atoms with E-state index in [4.69, 9.17) is 4.74 Å². The van der Waals surface area contributed by atoms with Crippen molar-refractivity contribution >= 4 is 23.8 Å². The second kappa shape index (κ2) is 15.6. The van der Waals surface area contributed by atoms with Crippen molar-refractivity contribution < 1.29 is 29.0 Å². The lowest BCUT2D eigenvalue weighted by molar-refractivity contribution is -0.161. The number of esters is 1. The van der Waals surface area contributed by atoms with Gasteiger partial charge in [-0.1, -0.05) is 57.9 Å². The molecule has 0 aliphatic rings. The van der Waals surface area contributed by atoms with Gasteiger partial charge in [0.2, 0.25) is 11.8 Å². The monoisotopic (exact) mass is 395 g/mol. The SMILES string of the molecule is CCC/C=C/CC(=O)N(C(=O)C/C=C/CCC)C(CC(=O)OCCC)C(=O)O. The first-order valence-corrected chi connectivity index (χ1v) is 9.92. The van der Waals surface area contributed by atoms with Crippen LogP contribution in [0, 0.1) is 0 Å². The van der Waals surface area contributed by atoms with Gasteiger partial charge in [-0.25, -0.2) is 4.79 Å². The van der Waals surface area contributed by atoms with E-state index in [2.05, 4.69) is 0 Å². The maximum atomic E-state index is 12.6.